The van der Waals surface area contributed by atoms with Gasteiger partial charge in [0.2, 0.25) is 5.91 Å². The fourth-order valence-electron chi connectivity index (χ4n) is 2.90. The van der Waals surface area contributed by atoms with Gasteiger partial charge in [-0.05, 0) is 34.6 Å². The normalized spacial score (nSPS) is 11.8. The highest BCUT2D eigenvalue weighted by Gasteiger charge is 2.27. The maximum atomic E-state index is 12.5. The van der Waals surface area contributed by atoms with Crippen LogP contribution >= 0.6 is 11.3 Å². The van der Waals surface area contributed by atoms with Gasteiger partial charge < -0.3 is 10.6 Å². The van der Waals surface area contributed by atoms with Crippen molar-refractivity contribution in [3.63, 3.8) is 0 Å². The van der Waals surface area contributed by atoms with Gasteiger partial charge in [-0.3, -0.25) is 9.59 Å². The molecule has 0 aromatic carbocycles. The third-order valence-electron chi connectivity index (χ3n) is 4.51. The molecule has 31 heavy (non-hydrogen) atoms. The average Bonchev–Trinajstić information content (AvgIpc) is 3.34. The smallest absolute Gasteiger partial charge is 0.352 e. The van der Waals surface area contributed by atoms with Gasteiger partial charge in [0.05, 0.1) is 35.9 Å². The molecule has 7 nitrogen and oxygen atoms in total. The maximum Gasteiger partial charge on any atom is 0.389 e. The Balaban J connectivity index is 1.57. The van der Waals surface area contributed by atoms with Crippen molar-refractivity contribution in [3.05, 3.63) is 51.6 Å². The molecule has 0 aliphatic heterocycles. The van der Waals surface area contributed by atoms with Crippen LogP contribution < -0.4 is 10.6 Å². The Hall–Kier alpha value is -2.95. The minimum atomic E-state index is -4.36. The highest BCUT2D eigenvalue weighted by atomic mass is 32.1. The van der Waals surface area contributed by atoms with Gasteiger partial charge in [-0.25, -0.2) is 9.50 Å². The second-order valence-corrected chi connectivity index (χ2v) is 8.25. The van der Waals surface area contributed by atoms with Crippen LogP contribution in [0.4, 0.5) is 13.2 Å². The van der Waals surface area contributed by atoms with Crippen LogP contribution in [0.25, 0.3) is 5.65 Å². The van der Waals surface area contributed by atoms with Crippen molar-refractivity contribution in [1.82, 2.24) is 25.2 Å². The van der Waals surface area contributed by atoms with E-state index in [-0.39, 0.29) is 24.9 Å². The standard InChI is InChI=1S/C20H22F3N5O2S/c1-12(2)15-4-6-31-18(15)19(30)25-10-14-11-28-16(27-14)7-13(9-26-28)8-24-17(29)3-5-20(21,22)23/h4,6-7,9,11-12H,3,5,8,10H2,1-2H3,(H,24,29)(H,25,30). The van der Waals surface area contributed by atoms with Crippen molar-refractivity contribution < 1.29 is 22.8 Å². The molecule has 0 saturated carbocycles. The Kier molecular flexibility index (Phi) is 6.94. The van der Waals surface area contributed by atoms with Crippen LogP contribution in [0, 0.1) is 0 Å². The summed E-state index contributed by atoms with van der Waals surface area (Å²) in [6.45, 7) is 4.34. The number of aromatic nitrogens is 3. The summed E-state index contributed by atoms with van der Waals surface area (Å²) in [6.07, 6.45) is -2.95. The SMILES string of the molecule is CC(C)c1ccsc1C(=O)NCc1cn2ncc(CNC(=O)CCC(F)(F)F)cc2n1. The molecule has 166 valence electrons. The predicted octanol–water partition coefficient (Wildman–Crippen LogP) is 3.80. The average molecular weight is 453 g/mol. The number of nitrogens with zero attached hydrogens (tertiary/aromatic N) is 3. The number of halogens is 3. The van der Waals surface area contributed by atoms with Crippen molar-refractivity contribution in [2.45, 2.75) is 51.9 Å². The third kappa shape index (κ3) is 6.27. The number of nitrogens with one attached hydrogen (secondary N) is 2. The summed E-state index contributed by atoms with van der Waals surface area (Å²) < 4.78 is 38.1. The van der Waals surface area contributed by atoms with E-state index in [0.29, 0.717) is 21.8 Å². The molecular formula is C20H22F3N5O2S. The predicted molar refractivity (Wildman–Crippen MR) is 110 cm³/mol. The lowest BCUT2D eigenvalue weighted by molar-refractivity contribution is -0.144. The van der Waals surface area contributed by atoms with Gasteiger partial charge in [0.15, 0.2) is 5.65 Å². The fraction of sp³-hybridized carbons (Fsp3) is 0.400. The van der Waals surface area contributed by atoms with E-state index in [9.17, 15) is 22.8 Å². The first-order chi connectivity index (χ1) is 14.6. The molecule has 2 N–H and O–H groups in total. The van der Waals surface area contributed by atoms with Crippen molar-refractivity contribution in [3.8, 4) is 0 Å². The summed E-state index contributed by atoms with van der Waals surface area (Å²) in [5.41, 5.74) is 2.72. The molecule has 0 aliphatic rings. The number of hydrogen-bond acceptors (Lipinski definition) is 5. The number of hydrogen-bond donors (Lipinski definition) is 2. The molecular weight excluding hydrogens is 431 g/mol. The molecule has 11 heteroatoms. The number of amides is 2. The summed E-state index contributed by atoms with van der Waals surface area (Å²) in [7, 11) is 0. The van der Waals surface area contributed by atoms with E-state index in [1.54, 1.807) is 12.3 Å². The summed E-state index contributed by atoms with van der Waals surface area (Å²) in [6, 6.07) is 3.63. The van der Waals surface area contributed by atoms with Gasteiger partial charge in [-0.1, -0.05) is 13.8 Å². The zero-order valence-electron chi connectivity index (χ0n) is 17.0. The van der Waals surface area contributed by atoms with Gasteiger partial charge in [-0.2, -0.15) is 18.3 Å². The van der Waals surface area contributed by atoms with E-state index in [2.05, 4.69) is 20.7 Å². The Morgan fingerprint density at radius 1 is 1.23 bits per heavy atom. The van der Waals surface area contributed by atoms with Crippen LogP contribution in [0.5, 0.6) is 0 Å². The van der Waals surface area contributed by atoms with Gasteiger partial charge in [-0.15, -0.1) is 11.3 Å². The minimum absolute atomic E-state index is 0.0511. The van der Waals surface area contributed by atoms with Crippen molar-refractivity contribution in [2.24, 2.45) is 0 Å². The second-order valence-electron chi connectivity index (χ2n) is 7.33. The fourth-order valence-corrected chi connectivity index (χ4v) is 3.87. The minimum Gasteiger partial charge on any atom is -0.352 e. The number of carbonyl (C=O) groups is 2. The molecule has 0 bridgehead atoms. The first kappa shape index (κ1) is 22.7. The summed E-state index contributed by atoms with van der Waals surface area (Å²) >= 11 is 1.39. The number of rotatable bonds is 8. The Bertz CT molecular complexity index is 1070. The highest BCUT2D eigenvalue weighted by Crippen LogP contribution is 2.24. The Morgan fingerprint density at radius 3 is 2.71 bits per heavy atom. The largest absolute Gasteiger partial charge is 0.389 e. The number of carbonyl (C=O) groups excluding carboxylic acids is 2. The van der Waals surface area contributed by atoms with Crippen LogP contribution in [0.3, 0.4) is 0 Å². The van der Waals surface area contributed by atoms with Crippen LogP contribution in [0.2, 0.25) is 0 Å². The van der Waals surface area contributed by atoms with E-state index >= 15 is 0 Å². The van der Waals surface area contributed by atoms with E-state index in [1.807, 2.05) is 25.3 Å². The molecule has 0 spiro atoms. The number of imidazole rings is 1. The lowest BCUT2D eigenvalue weighted by atomic mass is 10.0. The molecule has 3 rings (SSSR count). The summed E-state index contributed by atoms with van der Waals surface area (Å²) in [5.74, 6) is -0.594. The lowest BCUT2D eigenvalue weighted by Crippen LogP contribution is -2.24. The van der Waals surface area contributed by atoms with Crippen LogP contribution in [-0.4, -0.2) is 32.6 Å². The van der Waals surface area contributed by atoms with E-state index in [0.717, 1.165) is 5.56 Å². The van der Waals surface area contributed by atoms with Crippen LogP contribution in [-0.2, 0) is 17.9 Å². The molecule has 0 unspecified atom stereocenters. The third-order valence-corrected chi connectivity index (χ3v) is 5.43. The van der Waals surface area contributed by atoms with Crippen molar-refractivity contribution in [2.75, 3.05) is 0 Å². The number of thiophene rings is 1. The van der Waals surface area contributed by atoms with Crippen molar-refractivity contribution in [1.29, 1.82) is 0 Å². The van der Waals surface area contributed by atoms with Gasteiger partial charge in [0, 0.05) is 13.0 Å². The highest BCUT2D eigenvalue weighted by molar-refractivity contribution is 7.12. The molecule has 0 atom stereocenters. The quantitative estimate of drug-likeness (QED) is 0.543. The monoisotopic (exact) mass is 453 g/mol. The van der Waals surface area contributed by atoms with Gasteiger partial charge >= 0.3 is 6.18 Å². The topological polar surface area (TPSA) is 88.4 Å². The molecule has 0 fully saturated rings. The first-order valence-corrected chi connectivity index (χ1v) is 10.5. The van der Waals surface area contributed by atoms with Crippen molar-refractivity contribution >= 4 is 28.8 Å². The van der Waals surface area contributed by atoms with Crippen LogP contribution in [0.1, 0.15) is 59.1 Å². The van der Waals surface area contributed by atoms with Crippen LogP contribution in [0.15, 0.2) is 29.9 Å². The molecule has 0 aliphatic carbocycles. The Labute approximate surface area is 180 Å². The maximum absolute atomic E-state index is 12.5. The first-order valence-electron chi connectivity index (χ1n) is 9.64. The van der Waals surface area contributed by atoms with Gasteiger partial charge in [0.25, 0.3) is 5.91 Å². The van der Waals surface area contributed by atoms with E-state index in [1.165, 1.54) is 22.0 Å². The molecule has 2 amide bonds. The molecule has 3 heterocycles. The Morgan fingerprint density at radius 2 is 2.00 bits per heavy atom. The zero-order valence-corrected chi connectivity index (χ0v) is 17.8. The molecule has 3 aromatic rings. The molecule has 0 saturated heterocycles. The van der Waals surface area contributed by atoms with E-state index < -0.39 is 24.9 Å². The second kappa shape index (κ2) is 9.46. The molecule has 0 radical (unpaired) electrons. The molecule has 3 aromatic heterocycles. The lowest BCUT2D eigenvalue weighted by Gasteiger charge is -2.07. The summed E-state index contributed by atoms with van der Waals surface area (Å²) in [5, 5.41) is 11.4. The number of alkyl halides is 3. The summed E-state index contributed by atoms with van der Waals surface area (Å²) in [4.78, 5) is 29.1. The number of fused-ring (bicyclic) bond motifs is 1. The zero-order chi connectivity index (χ0) is 22.6. The van der Waals surface area contributed by atoms with Gasteiger partial charge in [0.1, 0.15) is 0 Å². The van der Waals surface area contributed by atoms with E-state index in [4.69, 9.17) is 0 Å².